The van der Waals surface area contributed by atoms with Crippen LogP contribution >= 0.6 is 11.6 Å². The van der Waals surface area contributed by atoms with Gasteiger partial charge in [0, 0.05) is 11.1 Å². The van der Waals surface area contributed by atoms with Crippen LogP contribution in [0.2, 0.25) is 5.02 Å². The number of rotatable bonds is 6. The Balaban J connectivity index is 1.61. The quantitative estimate of drug-likeness (QED) is 0.179. The molecule has 6 nitrogen and oxygen atoms in total. The molecule has 4 aromatic carbocycles. The van der Waals surface area contributed by atoms with Gasteiger partial charge in [0.25, 0.3) is 5.91 Å². The molecule has 0 aliphatic heterocycles. The summed E-state index contributed by atoms with van der Waals surface area (Å²) in [5, 5.41) is 6.13. The summed E-state index contributed by atoms with van der Waals surface area (Å²) >= 11 is 6.13. The van der Waals surface area contributed by atoms with Crippen LogP contribution in [0.15, 0.2) is 90.0 Å². The number of carbonyl (C=O) groups is 2. The molecule has 7 heteroatoms. The first-order valence-electron chi connectivity index (χ1n) is 10.0. The van der Waals surface area contributed by atoms with Gasteiger partial charge in [-0.3, -0.25) is 4.79 Å². The number of methoxy groups -OCH3 is 1. The van der Waals surface area contributed by atoms with Crippen molar-refractivity contribution in [2.45, 2.75) is 0 Å². The van der Waals surface area contributed by atoms with Gasteiger partial charge in [-0.1, -0.05) is 54.1 Å². The Morgan fingerprint density at radius 3 is 2.39 bits per heavy atom. The van der Waals surface area contributed by atoms with E-state index in [1.54, 1.807) is 61.7 Å². The largest absolute Gasteiger partial charge is 0.497 e. The van der Waals surface area contributed by atoms with Crippen molar-refractivity contribution < 1.29 is 19.1 Å². The number of fused-ring (bicyclic) bond motifs is 1. The third-order valence-electron chi connectivity index (χ3n) is 4.94. The molecule has 1 amide bonds. The van der Waals surface area contributed by atoms with Crippen LogP contribution in [0.25, 0.3) is 10.8 Å². The minimum atomic E-state index is -0.590. The van der Waals surface area contributed by atoms with Crippen molar-refractivity contribution in [3.8, 4) is 11.5 Å². The lowest BCUT2D eigenvalue weighted by atomic mass is 10.0. The van der Waals surface area contributed by atoms with E-state index < -0.39 is 5.97 Å². The fraction of sp³-hybridized carbons (Fsp3) is 0.0385. The van der Waals surface area contributed by atoms with Crippen LogP contribution in [0.4, 0.5) is 0 Å². The van der Waals surface area contributed by atoms with Crippen LogP contribution in [-0.4, -0.2) is 25.2 Å². The normalized spacial score (nSPS) is 10.8. The van der Waals surface area contributed by atoms with Crippen molar-refractivity contribution in [2.75, 3.05) is 7.11 Å². The number of halogens is 1. The van der Waals surface area contributed by atoms with Crippen LogP contribution in [0.3, 0.4) is 0 Å². The fourth-order valence-corrected chi connectivity index (χ4v) is 3.45. The number of amides is 1. The molecule has 4 aromatic rings. The van der Waals surface area contributed by atoms with Crippen LogP contribution in [0.1, 0.15) is 26.3 Å². The second kappa shape index (κ2) is 9.97. The fourth-order valence-electron chi connectivity index (χ4n) is 3.24. The Labute approximate surface area is 195 Å². The van der Waals surface area contributed by atoms with Crippen molar-refractivity contribution in [3.05, 3.63) is 107 Å². The average Bonchev–Trinajstić information content (AvgIpc) is 2.85. The first-order valence-corrected chi connectivity index (χ1v) is 10.4. The number of nitrogens with zero attached hydrogens (tertiary/aromatic N) is 1. The van der Waals surface area contributed by atoms with E-state index in [9.17, 15) is 9.59 Å². The number of benzene rings is 4. The summed E-state index contributed by atoms with van der Waals surface area (Å²) in [6.45, 7) is 0. The highest BCUT2D eigenvalue weighted by atomic mass is 35.5. The van der Waals surface area contributed by atoms with E-state index in [-0.39, 0.29) is 11.5 Å². The third kappa shape index (κ3) is 5.02. The molecule has 4 rings (SSSR count). The Hall–Kier alpha value is -4.16. The minimum Gasteiger partial charge on any atom is -0.497 e. The Bertz CT molecular complexity index is 1350. The zero-order valence-corrected chi connectivity index (χ0v) is 18.4. The lowest BCUT2D eigenvalue weighted by Gasteiger charge is -2.11. The predicted molar refractivity (Wildman–Crippen MR) is 128 cm³/mol. The average molecular weight is 459 g/mol. The van der Waals surface area contributed by atoms with Crippen LogP contribution in [-0.2, 0) is 0 Å². The highest BCUT2D eigenvalue weighted by molar-refractivity contribution is 6.33. The van der Waals surface area contributed by atoms with Gasteiger partial charge in [-0.2, -0.15) is 5.10 Å². The maximum absolute atomic E-state index is 12.7. The van der Waals surface area contributed by atoms with Crippen molar-refractivity contribution in [3.63, 3.8) is 0 Å². The summed E-state index contributed by atoms with van der Waals surface area (Å²) in [5.41, 5.74) is 3.72. The summed E-state index contributed by atoms with van der Waals surface area (Å²) in [5.74, 6) is -0.0339. The Morgan fingerprint density at radius 2 is 1.64 bits per heavy atom. The molecule has 33 heavy (non-hydrogen) atoms. The van der Waals surface area contributed by atoms with Gasteiger partial charge in [0.2, 0.25) is 0 Å². The maximum Gasteiger partial charge on any atom is 0.345 e. The monoisotopic (exact) mass is 458 g/mol. The summed E-state index contributed by atoms with van der Waals surface area (Å²) in [7, 11) is 1.56. The summed E-state index contributed by atoms with van der Waals surface area (Å²) in [6.07, 6.45) is 1.46. The highest BCUT2D eigenvalue weighted by Gasteiger charge is 2.16. The molecule has 1 N–H and O–H groups in total. The molecule has 0 aliphatic rings. The van der Waals surface area contributed by atoms with Crippen LogP contribution < -0.4 is 14.9 Å². The zero-order valence-electron chi connectivity index (χ0n) is 17.6. The first-order chi connectivity index (χ1) is 16.1. The lowest BCUT2D eigenvalue weighted by Crippen LogP contribution is -2.17. The Morgan fingerprint density at radius 1 is 0.909 bits per heavy atom. The van der Waals surface area contributed by atoms with Crippen molar-refractivity contribution in [2.24, 2.45) is 5.10 Å². The number of hydrogen-bond acceptors (Lipinski definition) is 5. The summed E-state index contributed by atoms with van der Waals surface area (Å²) in [4.78, 5) is 25.1. The molecule has 0 unspecified atom stereocenters. The number of nitrogens with one attached hydrogen (secondary N) is 1. The van der Waals surface area contributed by atoms with E-state index in [0.717, 1.165) is 10.8 Å². The number of carbonyl (C=O) groups excluding carboxylic acids is 2. The molecule has 0 fully saturated rings. The molecule has 0 radical (unpaired) electrons. The van der Waals surface area contributed by atoms with Crippen molar-refractivity contribution in [1.29, 1.82) is 0 Å². The summed E-state index contributed by atoms with van der Waals surface area (Å²) < 4.78 is 10.7. The molecule has 0 heterocycles. The standard InChI is InChI=1S/C26H19ClN2O4/c1-32-19-13-10-18(11-14-19)25(30)29-28-16-22-20-7-3-2-6-17(20)12-15-24(22)33-26(31)21-8-4-5-9-23(21)27/h2-16H,1H3,(H,29,30)/b28-16-. The molecule has 0 saturated heterocycles. The zero-order chi connectivity index (χ0) is 23.2. The van der Waals surface area contributed by atoms with Crippen molar-refractivity contribution in [1.82, 2.24) is 5.43 Å². The van der Waals surface area contributed by atoms with Gasteiger partial charge in [0.1, 0.15) is 11.5 Å². The van der Waals surface area contributed by atoms with Gasteiger partial charge < -0.3 is 9.47 Å². The van der Waals surface area contributed by atoms with Gasteiger partial charge in [0.15, 0.2) is 0 Å². The first kappa shape index (κ1) is 22.0. The maximum atomic E-state index is 12.7. The van der Waals surface area contributed by atoms with E-state index in [0.29, 0.717) is 27.6 Å². The molecular formula is C26H19ClN2O4. The molecule has 0 saturated carbocycles. The minimum absolute atomic E-state index is 0.253. The van der Waals surface area contributed by atoms with Gasteiger partial charge in [-0.25, -0.2) is 10.2 Å². The Kier molecular flexibility index (Phi) is 6.66. The van der Waals surface area contributed by atoms with E-state index in [4.69, 9.17) is 21.1 Å². The molecular weight excluding hydrogens is 440 g/mol. The number of hydrogen-bond donors (Lipinski definition) is 1. The van der Waals surface area contributed by atoms with E-state index in [1.165, 1.54) is 6.21 Å². The van der Waals surface area contributed by atoms with E-state index in [2.05, 4.69) is 10.5 Å². The van der Waals surface area contributed by atoms with Gasteiger partial charge >= 0.3 is 5.97 Å². The summed E-state index contributed by atoms with van der Waals surface area (Å²) in [6, 6.07) is 24.4. The molecule has 0 atom stereocenters. The van der Waals surface area contributed by atoms with Crippen molar-refractivity contribution >= 4 is 40.5 Å². The van der Waals surface area contributed by atoms with Gasteiger partial charge in [0.05, 0.1) is 23.9 Å². The second-order valence-corrected chi connectivity index (χ2v) is 7.40. The lowest BCUT2D eigenvalue weighted by molar-refractivity contribution is 0.0734. The molecule has 0 spiro atoms. The molecule has 0 aromatic heterocycles. The van der Waals surface area contributed by atoms with Crippen LogP contribution in [0, 0.1) is 0 Å². The van der Waals surface area contributed by atoms with Gasteiger partial charge in [-0.05, 0) is 53.2 Å². The van der Waals surface area contributed by atoms with E-state index >= 15 is 0 Å². The molecule has 0 aliphatic carbocycles. The predicted octanol–water partition coefficient (Wildman–Crippen LogP) is 5.48. The second-order valence-electron chi connectivity index (χ2n) is 7.00. The number of hydrazone groups is 1. The third-order valence-corrected chi connectivity index (χ3v) is 5.27. The topological polar surface area (TPSA) is 77.0 Å². The number of esters is 1. The molecule has 0 bridgehead atoms. The van der Waals surface area contributed by atoms with Gasteiger partial charge in [-0.15, -0.1) is 0 Å². The SMILES string of the molecule is COc1ccc(C(=O)N/N=C\c2c(OC(=O)c3ccccc3Cl)ccc3ccccc23)cc1. The smallest absolute Gasteiger partial charge is 0.345 e. The highest BCUT2D eigenvalue weighted by Crippen LogP contribution is 2.28. The van der Waals surface area contributed by atoms with Crippen LogP contribution in [0.5, 0.6) is 11.5 Å². The van der Waals surface area contributed by atoms with E-state index in [1.807, 2.05) is 30.3 Å². The number of ether oxygens (including phenoxy) is 2. The molecule has 164 valence electrons.